The minimum Gasteiger partial charge on any atom is -0.440 e. The van der Waals surface area contributed by atoms with E-state index in [4.69, 9.17) is 10.2 Å². The van der Waals surface area contributed by atoms with E-state index in [9.17, 15) is 0 Å². The molecule has 21 heavy (non-hydrogen) atoms. The predicted octanol–water partition coefficient (Wildman–Crippen LogP) is 4.83. The third-order valence-corrected chi connectivity index (χ3v) is 4.36. The molecule has 0 spiro atoms. The summed E-state index contributed by atoms with van der Waals surface area (Å²) in [5, 5.41) is 0. The van der Waals surface area contributed by atoms with E-state index >= 15 is 0 Å². The van der Waals surface area contributed by atoms with Gasteiger partial charge in [0.05, 0.1) is 5.75 Å². The number of hydrogen-bond donors (Lipinski definition) is 1. The quantitative estimate of drug-likeness (QED) is 0.554. The molecule has 0 saturated heterocycles. The zero-order chi connectivity index (χ0) is 14.8. The second-order valence-electron chi connectivity index (χ2n) is 5.35. The van der Waals surface area contributed by atoms with E-state index in [1.165, 1.54) is 10.5 Å². The Hall–Kier alpha value is -1.94. The smallest absolute Gasteiger partial charge is 0.205 e. The molecule has 1 aromatic heterocycles. The summed E-state index contributed by atoms with van der Waals surface area (Å²) in [5.41, 5.74) is 9.42. The van der Waals surface area contributed by atoms with Gasteiger partial charge in [0.2, 0.25) is 5.89 Å². The minimum absolute atomic E-state index is 0.562. The number of rotatable bonds is 4. The number of nitrogens with zero attached hydrogens (tertiary/aromatic N) is 1. The summed E-state index contributed by atoms with van der Waals surface area (Å²) in [4.78, 5) is 5.69. The Kier molecular flexibility index (Phi) is 3.88. The van der Waals surface area contributed by atoms with Crippen LogP contribution in [0.3, 0.4) is 0 Å². The van der Waals surface area contributed by atoms with Crippen molar-refractivity contribution in [3.8, 4) is 0 Å². The highest BCUT2D eigenvalue weighted by molar-refractivity contribution is 7.98. The number of fused-ring (bicyclic) bond motifs is 1. The summed E-state index contributed by atoms with van der Waals surface area (Å²) in [7, 11) is 0. The van der Waals surface area contributed by atoms with Crippen LogP contribution in [0.1, 0.15) is 31.2 Å². The van der Waals surface area contributed by atoms with Crippen molar-refractivity contribution in [2.45, 2.75) is 30.4 Å². The number of aromatic nitrogens is 1. The van der Waals surface area contributed by atoms with Crippen molar-refractivity contribution in [1.82, 2.24) is 4.98 Å². The van der Waals surface area contributed by atoms with Crippen LogP contribution in [0, 0.1) is 0 Å². The van der Waals surface area contributed by atoms with Gasteiger partial charge in [0.1, 0.15) is 5.52 Å². The molecule has 1 heterocycles. The SMILES string of the molecule is CC(C)c1ccc(SCc2nc3cc(N)ccc3o2)cc1. The lowest BCUT2D eigenvalue weighted by molar-refractivity contribution is 0.556. The molecule has 2 aromatic carbocycles. The Balaban J connectivity index is 1.71. The molecule has 0 fully saturated rings. The third-order valence-electron chi connectivity index (χ3n) is 3.36. The number of benzene rings is 2. The van der Waals surface area contributed by atoms with Crippen LogP contribution >= 0.6 is 11.8 Å². The molecule has 0 amide bonds. The maximum absolute atomic E-state index is 5.75. The molecule has 3 nitrogen and oxygen atoms in total. The summed E-state index contributed by atoms with van der Waals surface area (Å²) in [6.45, 7) is 4.40. The first-order valence-electron chi connectivity index (χ1n) is 6.99. The van der Waals surface area contributed by atoms with Crippen molar-refractivity contribution in [1.29, 1.82) is 0 Å². The van der Waals surface area contributed by atoms with Crippen molar-refractivity contribution in [2.75, 3.05) is 5.73 Å². The highest BCUT2D eigenvalue weighted by Gasteiger charge is 2.07. The van der Waals surface area contributed by atoms with Crippen molar-refractivity contribution < 1.29 is 4.42 Å². The Morgan fingerprint density at radius 1 is 1.14 bits per heavy atom. The average molecular weight is 298 g/mol. The third kappa shape index (κ3) is 3.22. The van der Waals surface area contributed by atoms with Gasteiger partial charge in [0, 0.05) is 10.6 Å². The van der Waals surface area contributed by atoms with Gasteiger partial charge in [-0.15, -0.1) is 11.8 Å². The molecule has 0 aliphatic heterocycles. The molecule has 0 bridgehead atoms. The molecule has 3 rings (SSSR count). The van der Waals surface area contributed by atoms with Crippen LogP contribution in [0.15, 0.2) is 51.8 Å². The van der Waals surface area contributed by atoms with Gasteiger partial charge in [0.25, 0.3) is 0 Å². The van der Waals surface area contributed by atoms with Crippen LogP contribution in [0.25, 0.3) is 11.1 Å². The highest BCUT2D eigenvalue weighted by atomic mass is 32.2. The molecule has 0 saturated carbocycles. The first-order valence-corrected chi connectivity index (χ1v) is 7.98. The first-order chi connectivity index (χ1) is 10.1. The zero-order valence-electron chi connectivity index (χ0n) is 12.2. The summed E-state index contributed by atoms with van der Waals surface area (Å²) in [6, 6.07) is 14.2. The Morgan fingerprint density at radius 2 is 1.90 bits per heavy atom. The lowest BCUT2D eigenvalue weighted by atomic mass is 10.0. The number of thioether (sulfide) groups is 1. The Labute approximate surface area is 128 Å². The van der Waals surface area contributed by atoms with Gasteiger partial charge in [0.15, 0.2) is 5.58 Å². The van der Waals surface area contributed by atoms with Gasteiger partial charge < -0.3 is 10.2 Å². The molecule has 0 atom stereocenters. The summed E-state index contributed by atoms with van der Waals surface area (Å²) in [5.74, 6) is 2.01. The van der Waals surface area contributed by atoms with Crippen LogP contribution in [0.5, 0.6) is 0 Å². The molecular weight excluding hydrogens is 280 g/mol. The maximum atomic E-state index is 5.75. The van der Waals surface area contributed by atoms with Crippen LogP contribution in [0.4, 0.5) is 5.69 Å². The number of nitrogens with two attached hydrogens (primary N) is 1. The van der Waals surface area contributed by atoms with Crippen molar-refractivity contribution in [2.24, 2.45) is 0 Å². The van der Waals surface area contributed by atoms with Crippen LogP contribution in [-0.2, 0) is 5.75 Å². The molecule has 108 valence electrons. The van der Waals surface area contributed by atoms with Crippen molar-refractivity contribution in [3.63, 3.8) is 0 Å². The van der Waals surface area contributed by atoms with E-state index in [1.54, 1.807) is 11.8 Å². The Bertz CT molecular complexity index is 747. The fraction of sp³-hybridized carbons (Fsp3) is 0.235. The first kappa shape index (κ1) is 14.0. The normalized spacial score (nSPS) is 11.4. The van der Waals surface area contributed by atoms with Crippen LogP contribution in [0.2, 0.25) is 0 Å². The van der Waals surface area contributed by atoms with Gasteiger partial charge in [-0.3, -0.25) is 0 Å². The van der Waals surface area contributed by atoms with Crippen molar-refractivity contribution in [3.05, 3.63) is 53.9 Å². The highest BCUT2D eigenvalue weighted by Crippen LogP contribution is 2.26. The lowest BCUT2D eigenvalue weighted by Gasteiger charge is -2.05. The van der Waals surface area contributed by atoms with E-state index in [1.807, 2.05) is 18.2 Å². The van der Waals surface area contributed by atoms with E-state index in [0.717, 1.165) is 22.7 Å². The molecule has 0 radical (unpaired) electrons. The lowest BCUT2D eigenvalue weighted by Crippen LogP contribution is -1.86. The largest absolute Gasteiger partial charge is 0.440 e. The van der Waals surface area contributed by atoms with Gasteiger partial charge >= 0.3 is 0 Å². The van der Waals surface area contributed by atoms with Crippen LogP contribution < -0.4 is 5.73 Å². The van der Waals surface area contributed by atoms with Gasteiger partial charge in [-0.1, -0.05) is 26.0 Å². The van der Waals surface area contributed by atoms with E-state index in [2.05, 4.69) is 43.1 Å². The second kappa shape index (κ2) is 5.82. The van der Waals surface area contributed by atoms with Crippen molar-refractivity contribution >= 4 is 28.5 Å². The molecule has 3 aromatic rings. The van der Waals surface area contributed by atoms with E-state index < -0.39 is 0 Å². The topological polar surface area (TPSA) is 52.0 Å². The number of nitrogen functional groups attached to an aromatic ring is 1. The fourth-order valence-corrected chi connectivity index (χ4v) is 2.89. The number of hydrogen-bond acceptors (Lipinski definition) is 4. The zero-order valence-corrected chi connectivity index (χ0v) is 13.0. The van der Waals surface area contributed by atoms with E-state index in [-0.39, 0.29) is 0 Å². The molecular formula is C17H18N2OS. The molecule has 4 heteroatoms. The Morgan fingerprint density at radius 3 is 2.62 bits per heavy atom. The molecule has 0 aliphatic rings. The summed E-state index contributed by atoms with van der Waals surface area (Å²) >= 11 is 1.73. The van der Waals surface area contributed by atoms with Gasteiger partial charge in [-0.2, -0.15) is 0 Å². The standard InChI is InChI=1S/C17H18N2OS/c1-11(2)12-3-6-14(7-4-12)21-10-17-19-15-9-13(18)5-8-16(15)20-17/h3-9,11H,10,18H2,1-2H3. The summed E-state index contributed by atoms with van der Waals surface area (Å²) < 4.78 is 5.72. The molecule has 0 unspecified atom stereocenters. The monoisotopic (exact) mass is 298 g/mol. The summed E-state index contributed by atoms with van der Waals surface area (Å²) in [6.07, 6.45) is 0. The fourth-order valence-electron chi connectivity index (χ4n) is 2.15. The molecule has 0 aliphatic carbocycles. The molecule has 2 N–H and O–H groups in total. The average Bonchev–Trinajstić information content (AvgIpc) is 2.87. The number of oxazole rings is 1. The minimum atomic E-state index is 0.562. The van der Waals surface area contributed by atoms with Crippen LogP contribution in [-0.4, -0.2) is 4.98 Å². The second-order valence-corrected chi connectivity index (χ2v) is 6.40. The predicted molar refractivity (Wildman–Crippen MR) is 88.5 cm³/mol. The van der Waals surface area contributed by atoms with E-state index in [0.29, 0.717) is 11.6 Å². The number of anilines is 1. The van der Waals surface area contributed by atoms with Gasteiger partial charge in [-0.05, 0) is 41.8 Å². The maximum Gasteiger partial charge on any atom is 0.205 e. The van der Waals surface area contributed by atoms with Gasteiger partial charge in [-0.25, -0.2) is 4.98 Å².